The number of carbonyl (C=O) groups excluding carboxylic acids is 1. The maximum Gasteiger partial charge on any atom is 0.226 e. The topological polar surface area (TPSA) is 54.9 Å². The average Bonchev–Trinajstić information content (AvgIpc) is 3.41. The van der Waals surface area contributed by atoms with Crippen molar-refractivity contribution in [2.45, 2.75) is 44.6 Å². The van der Waals surface area contributed by atoms with Crippen LogP contribution in [0.1, 0.15) is 38.3 Å². The van der Waals surface area contributed by atoms with Gasteiger partial charge in [0.25, 0.3) is 0 Å². The largest absolute Gasteiger partial charge is 0.350 e. The first-order valence-corrected chi connectivity index (χ1v) is 8.65. The number of pyridine rings is 1. The monoisotopic (exact) mass is 313 g/mol. The third-order valence-corrected chi connectivity index (χ3v) is 5.98. The van der Waals surface area contributed by atoms with E-state index in [1.54, 1.807) is 17.5 Å². The molecule has 0 spiro atoms. The summed E-state index contributed by atoms with van der Waals surface area (Å²) in [4.78, 5) is 21.2. The van der Waals surface area contributed by atoms with Crippen LogP contribution in [0.4, 0.5) is 0 Å². The molecule has 2 aromatic heterocycles. The third kappa shape index (κ3) is 2.43. The molecule has 2 aromatic rings. The van der Waals surface area contributed by atoms with Crippen molar-refractivity contribution in [3.05, 3.63) is 35.5 Å². The Balaban J connectivity index is 1.42. The van der Waals surface area contributed by atoms with Gasteiger partial charge in [-0.2, -0.15) is 0 Å². The smallest absolute Gasteiger partial charge is 0.226 e. The maximum atomic E-state index is 12.3. The van der Waals surface area contributed by atoms with Crippen molar-refractivity contribution in [2.24, 2.45) is 5.41 Å². The molecule has 5 heteroatoms. The van der Waals surface area contributed by atoms with Gasteiger partial charge < -0.3 is 5.32 Å². The predicted octanol–water partition coefficient (Wildman–Crippen LogP) is 3.20. The highest BCUT2D eigenvalue weighted by molar-refractivity contribution is 7.13. The van der Waals surface area contributed by atoms with E-state index in [4.69, 9.17) is 0 Å². The molecule has 1 amide bonds. The number of hydrogen-bond donors (Lipinski definition) is 1. The molecule has 22 heavy (non-hydrogen) atoms. The summed E-state index contributed by atoms with van der Waals surface area (Å²) < 4.78 is 0. The maximum absolute atomic E-state index is 12.3. The van der Waals surface area contributed by atoms with E-state index in [1.165, 1.54) is 12.8 Å². The van der Waals surface area contributed by atoms with Crippen LogP contribution in [0.15, 0.2) is 29.8 Å². The summed E-state index contributed by atoms with van der Waals surface area (Å²) in [6, 6.07) is 5.78. The molecule has 0 bridgehead atoms. The van der Waals surface area contributed by atoms with Gasteiger partial charge in [-0.1, -0.05) is 13.0 Å². The fourth-order valence-electron chi connectivity index (χ4n) is 3.14. The second kappa shape index (κ2) is 4.88. The molecule has 0 atom stereocenters. The number of rotatable bonds is 5. The van der Waals surface area contributed by atoms with Crippen molar-refractivity contribution in [3.63, 3.8) is 0 Å². The molecular weight excluding hydrogens is 294 g/mol. The van der Waals surface area contributed by atoms with E-state index in [2.05, 4.69) is 22.2 Å². The highest BCUT2D eigenvalue weighted by Gasteiger charge is 2.63. The van der Waals surface area contributed by atoms with Crippen LogP contribution in [0.3, 0.4) is 0 Å². The Bertz CT molecular complexity index is 702. The zero-order valence-electron chi connectivity index (χ0n) is 12.6. The van der Waals surface area contributed by atoms with E-state index in [1.807, 2.05) is 23.6 Å². The Morgan fingerprint density at radius 3 is 2.77 bits per heavy atom. The summed E-state index contributed by atoms with van der Waals surface area (Å²) in [5.74, 6) is 0.100. The van der Waals surface area contributed by atoms with Crippen molar-refractivity contribution < 1.29 is 4.79 Å². The van der Waals surface area contributed by atoms with Crippen molar-refractivity contribution in [1.82, 2.24) is 15.3 Å². The predicted molar refractivity (Wildman–Crippen MR) is 86.5 cm³/mol. The van der Waals surface area contributed by atoms with E-state index in [-0.39, 0.29) is 11.4 Å². The molecular formula is C17H19N3OS. The Morgan fingerprint density at radius 2 is 2.14 bits per heavy atom. The minimum Gasteiger partial charge on any atom is -0.350 e. The van der Waals surface area contributed by atoms with Crippen molar-refractivity contribution in [2.75, 3.05) is 0 Å². The molecule has 0 aromatic carbocycles. The number of amides is 1. The van der Waals surface area contributed by atoms with Crippen LogP contribution < -0.4 is 5.32 Å². The minimum absolute atomic E-state index is 0.0872. The summed E-state index contributed by atoms with van der Waals surface area (Å²) in [5, 5.41) is 6.11. The number of thiazole rings is 1. The number of hydrogen-bond acceptors (Lipinski definition) is 4. The molecule has 2 aliphatic rings. The minimum atomic E-state index is 0.0872. The lowest BCUT2D eigenvalue weighted by atomic mass is 9.96. The molecule has 4 nitrogen and oxygen atoms in total. The van der Waals surface area contributed by atoms with Gasteiger partial charge in [-0.15, -0.1) is 11.3 Å². The molecule has 114 valence electrons. The van der Waals surface area contributed by atoms with Crippen LogP contribution in [0.25, 0.3) is 10.7 Å². The van der Waals surface area contributed by atoms with E-state index in [0.29, 0.717) is 11.8 Å². The van der Waals surface area contributed by atoms with Crippen LogP contribution in [0.5, 0.6) is 0 Å². The average molecular weight is 313 g/mol. The lowest BCUT2D eigenvalue weighted by Crippen LogP contribution is -2.43. The first-order chi connectivity index (χ1) is 10.6. The Hall–Kier alpha value is -1.75. The van der Waals surface area contributed by atoms with Crippen LogP contribution in [-0.4, -0.2) is 21.4 Å². The van der Waals surface area contributed by atoms with Gasteiger partial charge in [0.05, 0.1) is 17.8 Å². The molecule has 2 aliphatic carbocycles. The Kier molecular flexibility index (Phi) is 3.08. The van der Waals surface area contributed by atoms with Gasteiger partial charge in [-0.3, -0.25) is 9.78 Å². The first-order valence-electron chi connectivity index (χ1n) is 7.77. The number of nitrogens with zero attached hydrogens (tertiary/aromatic N) is 2. The normalized spacial score (nSPS) is 20.4. The van der Waals surface area contributed by atoms with Crippen molar-refractivity contribution >= 4 is 17.2 Å². The van der Waals surface area contributed by atoms with Gasteiger partial charge >= 0.3 is 0 Å². The summed E-state index contributed by atoms with van der Waals surface area (Å²) in [6.45, 7) is 2.29. The van der Waals surface area contributed by atoms with Crippen molar-refractivity contribution in [3.8, 4) is 10.7 Å². The van der Waals surface area contributed by atoms with E-state index >= 15 is 0 Å². The lowest BCUT2D eigenvalue weighted by Gasteiger charge is -2.24. The fraction of sp³-hybridized carbons (Fsp3) is 0.471. The van der Waals surface area contributed by atoms with Crippen LogP contribution in [0, 0.1) is 5.41 Å². The standard InChI is InChI=1S/C17H19N3OS/c1-16(5-6-16)17(7-8-17)20-14(21)10-12-11-22-15(19-12)13-4-2-3-9-18-13/h2-4,9,11H,5-8,10H2,1H3,(H,20,21). The third-order valence-electron chi connectivity index (χ3n) is 5.06. The van der Waals surface area contributed by atoms with Crippen molar-refractivity contribution in [1.29, 1.82) is 0 Å². The molecule has 0 saturated heterocycles. The van der Waals surface area contributed by atoms with Gasteiger partial charge in [0.15, 0.2) is 0 Å². The molecule has 2 heterocycles. The van der Waals surface area contributed by atoms with E-state index in [0.717, 1.165) is 29.2 Å². The zero-order chi connectivity index (χ0) is 15.2. The zero-order valence-corrected chi connectivity index (χ0v) is 13.4. The fourth-order valence-corrected chi connectivity index (χ4v) is 3.94. The number of nitrogens with one attached hydrogen (secondary N) is 1. The highest BCUT2D eigenvalue weighted by Crippen LogP contribution is 2.63. The summed E-state index contributed by atoms with van der Waals surface area (Å²) in [5.41, 5.74) is 2.14. The van der Waals surface area contributed by atoms with Gasteiger partial charge in [0.2, 0.25) is 5.91 Å². The molecule has 2 fully saturated rings. The second-order valence-electron chi connectivity index (χ2n) is 6.73. The molecule has 0 unspecified atom stereocenters. The van der Waals surface area contributed by atoms with Crippen LogP contribution >= 0.6 is 11.3 Å². The quantitative estimate of drug-likeness (QED) is 0.922. The van der Waals surface area contributed by atoms with E-state index < -0.39 is 0 Å². The molecule has 4 rings (SSSR count). The Morgan fingerprint density at radius 1 is 1.32 bits per heavy atom. The lowest BCUT2D eigenvalue weighted by molar-refractivity contribution is -0.122. The molecule has 2 saturated carbocycles. The molecule has 1 N–H and O–H groups in total. The van der Waals surface area contributed by atoms with Crippen LogP contribution in [-0.2, 0) is 11.2 Å². The van der Waals surface area contributed by atoms with Gasteiger partial charge in [0.1, 0.15) is 5.01 Å². The SMILES string of the molecule is CC1(C2(NC(=O)Cc3csc(-c4ccccn4)n3)CC2)CC1. The molecule has 0 radical (unpaired) electrons. The summed E-state index contributed by atoms with van der Waals surface area (Å²) >= 11 is 1.54. The van der Waals surface area contributed by atoms with Crippen LogP contribution in [0.2, 0.25) is 0 Å². The number of aromatic nitrogens is 2. The second-order valence-corrected chi connectivity index (χ2v) is 7.58. The summed E-state index contributed by atoms with van der Waals surface area (Å²) in [6.07, 6.45) is 6.87. The first kappa shape index (κ1) is 13.9. The highest BCUT2D eigenvalue weighted by atomic mass is 32.1. The Labute approximate surface area is 134 Å². The van der Waals surface area contributed by atoms with Gasteiger partial charge in [-0.05, 0) is 43.2 Å². The summed E-state index contributed by atoms with van der Waals surface area (Å²) in [7, 11) is 0. The number of carbonyl (C=O) groups is 1. The van der Waals surface area contributed by atoms with Gasteiger partial charge in [-0.25, -0.2) is 4.98 Å². The molecule has 0 aliphatic heterocycles. The van der Waals surface area contributed by atoms with E-state index in [9.17, 15) is 4.79 Å². The van der Waals surface area contributed by atoms with Gasteiger partial charge in [0, 0.05) is 17.1 Å².